The van der Waals surface area contributed by atoms with E-state index in [1.807, 2.05) is 0 Å². The van der Waals surface area contributed by atoms with E-state index >= 15 is 0 Å². The highest BCUT2D eigenvalue weighted by molar-refractivity contribution is 7.47. The summed E-state index contributed by atoms with van der Waals surface area (Å²) in [5.74, 6) is -0.640. The van der Waals surface area contributed by atoms with Gasteiger partial charge in [-0.15, -0.1) is 0 Å². The number of esters is 4. The van der Waals surface area contributed by atoms with E-state index in [4.69, 9.17) is 37.0 Å². The average molecular weight is 1240 g/mol. The molecule has 0 spiro atoms. The third-order valence-electron chi connectivity index (χ3n) is 15.3. The molecule has 0 saturated heterocycles. The van der Waals surface area contributed by atoms with E-state index in [0.717, 1.165) is 115 Å². The van der Waals surface area contributed by atoms with Gasteiger partial charge < -0.3 is 33.8 Å². The van der Waals surface area contributed by atoms with E-state index in [1.54, 1.807) is 0 Å². The molecule has 0 aliphatic heterocycles. The number of carbonyl (C=O) groups is 4. The van der Waals surface area contributed by atoms with Crippen molar-refractivity contribution in [3.05, 3.63) is 0 Å². The highest BCUT2D eigenvalue weighted by Crippen LogP contribution is 2.45. The molecule has 84 heavy (non-hydrogen) atoms. The van der Waals surface area contributed by atoms with Crippen molar-refractivity contribution in [1.82, 2.24) is 0 Å². The van der Waals surface area contributed by atoms with Gasteiger partial charge in [0.25, 0.3) is 0 Å². The van der Waals surface area contributed by atoms with Gasteiger partial charge in [0.05, 0.1) is 26.4 Å². The molecule has 0 amide bonds. The van der Waals surface area contributed by atoms with Crippen LogP contribution in [0.4, 0.5) is 0 Å². The smallest absolute Gasteiger partial charge is 0.462 e. The lowest BCUT2D eigenvalue weighted by Crippen LogP contribution is -2.30. The minimum Gasteiger partial charge on any atom is -0.462 e. The van der Waals surface area contributed by atoms with E-state index in [-0.39, 0.29) is 25.7 Å². The molecule has 0 aliphatic carbocycles. The Morgan fingerprint density at radius 2 is 0.607 bits per heavy atom. The molecule has 0 heterocycles. The Bertz CT molecular complexity index is 1650. The number of unbranched alkanes of at least 4 members (excludes halogenated alkanes) is 33. The number of rotatable bonds is 64. The average Bonchev–Trinajstić information content (AvgIpc) is 3.46. The van der Waals surface area contributed by atoms with Crippen LogP contribution in [0, 0.1) is 11.8 Å². The summed E-state index contributed by atoms with van der Waals surface area (Å²) in [6.45, 7) is 9.43. The number of aliphatic hydroxyl groups excluding tert-OH is 1. The molecule has 0 aliphatic rings. The van der Waals surface area contributed by atoms with Crippen LogP contribution < -0.4 is 0 Å². The lowest BCUT2D eigenvalue weighted by atomic mass is 9.99. The highest BCUT2D eigenvalue weighted by atomic mass is 31.2. The number of ether oxygens (including phenoxy) is 4. The third-order valence-corrected chi connectivity index (χ3v) is 17.2. The van der Waals surface area contributed by atoms with E-state index < -0.39 is 97.5 Å². The molecular formula is C65H126O17P2. The molecule has 0 saturated carbocycles. The maximum atomic E-state index is 13.0. The van der Waals surface area contributed by atoms with Crippen molar-refractivity contribution in [2.45, 2.75) is 342 Å². The van der Waals surface area contributed by atoms with Crippen molar-refractivity contribution in [2.24, 2.45) is 11.8 Å². The van der Waals surface area contributed by atoms with Gasteiger partial charge in [-0.05, 0) is 37.5 Å². The first-order chi connectivity index (χ1) is 40.4. The van der Waals surface area contributed by atoms with Crippen LogP contribution >= 0.6 is 15.6 Å². The molecule has 19 heteroatoms. The Balaban J connectivity index is 5.23. The van der Waals surface area contributed by atoms with Crippen LogP contribution in [0.2, 0.25) is 0 Å². The van der Waals surface area contributed by atoms with Gasteiger partial charge in [0.1, 0.15) is 19.3 Å². The highest BCUT2D eigenvalue weighted by Gasteiger charge is 2.30. The SMILES string of the molecule is CCCCCCCCCCCCCCCCC(=O)O[C@H](COC(=O)CCCCCCCCCCC(C)CC)COP(=O)(O)OC[C@@H](O)COP(=O)(O)OC[C@@H](COC(=O)CCCCCCCCC)OC(=O)CCCCCCCCCCC(C)C. The lowest BCUT2D eigenvalue weighted by molar-refractivity contribution is -0.161. The summed E-state index contributed by atoms with van der Waals surface area (Å²) >= 11 is 0. The van der Waals surface area contributed by atoms with Crippen molar-refractivity contribution in [3.63, 3.8) is 0 Å². The first-order valence-electron chi connectivity index (χ1n) is 34.0. The number of phosphoric acid groups is 2. The van der Waals surface area contributed by atoms with Gasteiger partial charge in [0.2, 0.25) is 0 Å². The van der Waals surface area contributed by atoms with E-state index in [2.05, 4.69) is 41.5 Å². The topological polar surface area (TPSA) is 237 Å². The fraction of sp³-hybridized carbons (Fsp3) is 0.938. The predicted octanol–water partition coefficient (Wildman–Crippen LogP) is 18.0. The predicted molar refractivity (Wildman–Crippen MR) is 335 cm³/mol. The molecule has 0 bridgehead atoms. The fourth-order valence-corrected chi connectivity index (χ4v) is 11.3. The van der Waals surface area contributed by atoms with Crippen LogP contribution in [-0.4, -0.2) is 96.7 Å². The number of phosphoric ester groups is 2. The van der Waals surface area contributed by atoms with Crippen molar-refractivity contribution >= 4 is 39.5 Å². The standard InChI is InChI=1S/C65H126O17P2/c1-7-10-12-14-16-17-18-19-20-21-22-31-37-43-49-64(69)81-61(54-76-63(68)48-42-36-30-26-24-29-34-40-46-58(6)9-3)56-80-84(73,74)78-52-59(66)51-77-83(71,72)79-55-60(53-75-62(67)47-41-35-27-15-13-11-8-2)82-65(70)50-44-38-32-25-23-28-33-39-45-57(4)5/h57-61,66H,7-56H2,1-6H3,(H,71,72)(H,73,74)/t58?,59-,60+,61+/m0/s1. The van der Waals surface area contributed by atoms with Crippen molar-refractivity contribution in [2.75, 3.05) is 39.6 Å². The Hall–Kier alpha value is -1.94. The summed E-state index contributed by atoms with van der Waals surface area (Å²) in [4.78, 5) is 72.2. The van der Waals surface area contributed by atoms with E-state index in [9.17, 15) is 43.2 Å². The van der Waals surface area contributed by atoms with Gasteiger partial charge in [-0.3, -0.25) is 37.3 Å². The summed E-state index contributed by atoms with van der Waals surface area (Å²) in [5, 5.41) is 10.5. The van der Waals surface area contributed by atoms with Crippen molar-refractivity contribution < 1.29 is 80.2 Å². The van der Waals surface area contributed by atoms with Crippen molar-refractivity contribution in [3.8, 4) is 0 Å². The van der Waals surface area contributed by atoms with Crippen LogP contribution in [0.5, 0.6) is 0 Å². The normalized spacial score (nSPS) is 14.6. The maximum Gasteiger partial charge on any atom is 0.472 e. The zero-order chi connectivity index (χ0) is 62.2. The molecule has 0 rings (SSSR count). The Morgan fingerprint density at radius 3 is 0.905 bits per heavy atom. The second-order valence-electron chi connectivity index (χ2n) is 24.2. The molecule has 0 aromatic rings. The lowest BCUT2D eigenvalue weighted by Gasteiger charge is -2.21. The summed E-state index contributed by atoms with van der Waals surface area (Å²) in [6, 6.07) is 0. The summed E-state index contributed by atoms with van der Waals surface area (Å²) in [6.07, 6.45) is 40.4. The van der Waals surface area contributed by atoms with Crippen LogP contribution in [0.25, 0.3) is 0 Å². The van der Waals surface area contributed by atoms with Crippen LogP contribution in [0.1, 0.15) is 324 Å². The molecule has 0 fully saturated rings. The van der Waals surface area contributed by atoms with Gasteiger partial charge >= 0.3 is 39.5 Å². The minimum atomic E-state index is -4.95. The monoisotopic (exact) mass is 1240 g/mol. The first-order valence-corrected chi connectivity index (χ1v) is 37.0. The van der Waals surface area contributed by atoms with Gasteiger partial charge in [0, 0.05) is 25.7 Å². The van der Waals surface area contributed by atoms with Gasteiger partial charge in [0.15, 0.2) is 12.2 Å². The number of hydrogen-bond acceptors (Lipinski definition) is 15. The quantitative estimate of drug-likeness (QED) is 0.0222. The largest absolute Gasteiger partial charge is 0.472 e. The van der Waals surface area contributed by atoms with Crippen molar-refractivity contribution in [1.29, 1.82) is 0 Å². The second-order valence-corrected chi connectivity index (χ2v) is 27.1. The zero-order valence-corrected chi connectivity index (χ0v) is 56.0. The first kappa shape index (κ1) is 82.1. The molecule has 6 atom stereocenters. The molecule has 0 aromatic carbocycles. The minimum absolute atomic E-state index is 0.104. The Morgan fingerprint density at radius 1 is 0.345 bits per heavy atom. The summed E-state index contributed by atoms with van der Waals surface area (Å²) < 4.78 is 68.0. The molecule has 0 aromatic heterocycles. The summed E-state index contributed by atoms with van der Waals surface area (Å²) in [5.41, 5.74) is 0. The molecule has 3 unspecified atom stereocenters. The van der Waals surface area contributed by atoms with Crippen LogP contribution in [-0.2, 0) is 65.4 Å². The van der Waals surface area contributed by atoms with E-state index in [0.29, 0.717) is 25.7 Å². The Kier molecular flexibility index (Phi) is 56.2. The Labute approximate surface area is 511 Å². The van der Waals surface area contributed by atoms with Crippen LogP contribution in [0.3, 0.4) is 0 Å². The zero-order valence-electron chi connectivity index (χ0n) is 54.2. The number of hydrogen-bond donors (Lipinski definition) is 3. The van der Waals surface area contributed by atoms with Gasteiger partial charge in [-0.1, -0.05) is 273 Å². The van der Waals surface area contributed by atoms with Gasteiger partial charge in [-0.25, -0.2) is 9.13 Å². The second kappa shape index (κ2) is 57.5. The third kappa shape index (κ3) is 57.8. The van der Waals surface area contributed by atoms with Gasteiger partial charge in [-0.2, -0.15) is 0 Å². The molecule has 0 radical (unpaired) electrons. The fourth-order valence-electron chi connectivity index (χ4n) is 9.68. The number of aliphatic hydroxyl groups is 1. The number of carbonyl (C=O) groups excluding carboxylic acids is 4. The molecule has 17 nitrogen and oxygen atoms in total. The van der Waals surface area contributed by atoms with Crippen LogP contribution in [0.15, 0.2) is 0 Å². The maximum absolute atomic E-state index is 13.0. The molecular weight excluding hydrogens is 1110 g/mol. The van der Waals surface area contributed by atoms with E-state index in [1.165, 1.54) is 128 Å². The molecule has 3 N–H and O–H groups in total. The summed E-state index contributed by atoms with van der Waals surface area (Å²) in [7, 11) is -9.89. The molecule has 498 valence electrons.